The molecule has 1 N–H and O–H groups in total. The zero-order valence-corrected chi connectivity index (χ0v) is 13.6. The van der Waals surface area contributed by atoms with Crippen molar-refractivity contribution in [2.45, 2.75) is 26.3 Å². The molecule has 0 aliphatic rings. The maximum absolute atomic E-state index is 14.0. The van der Waals surface area contributed by atoms with Crippen molar-refractivity contribution in [3.8, 4) is 0 Å². The van der Waals surface area contributed by atoms with Crippen LogP contribution in [0, 0.1) is 12.7 Å². The summed E-state index contributed by atoms with van der Waals surface area (Å²) >= 11 is 12.2. The lowest BCUT2D eigenvalue weighted by molar-refractivity contribution is 0.528. The molecule has 2 aromatic carbocycles. The second kappa shape index (κ2) is 7.26. The van der Waals surface area contributed by atoms with Crippen LogP contribution in [0.1, 0.15) is 29.7 Å². The number of hydrogen-bond acceptors (Lipinski definition) is 1. The third-order valence-electron chi connectivity index (χ3n) is 3.50. The van der Waals surface area contributed by atoms with Gasteiger partial charge >= 0.3 is 0 Å². The van der Waals surface area contributed by atoms with E-state index in [1.807, 2.05) is 32.0 Å². The van der Waals surface area contributed by atoms with Crippen molar-refractivity contribution in [2.75, 3.05) is 6.54 Å². The van der Waals surface area contributed by atoms with E-state index in [-0.39, 0.29) is 11.9 Å². The Labute approximate surface area is 135 Å². The highest BCUT2D eigenvalue weighted by molar-refractivity contribution is 6.31. The summed E-state index contributed by atoms with van der Waals surface area (Å²) in [4.78, 5) is 0. The molecule has 21 heavy (non-hydrogen) atoms. The molecule has 0 amide bonds. The van der Waals surface area contributed by atoms with Gasteiger partial charge in [-0.2, -0.15) is 0 Å². The van der Waals surface area contributed by atoms with Gasteiger partial charge in [-0.3, -0.25) is 0 Å². The Morgan fingerprint density at radius 1 is 1.14 bits per heavy atom. The Morgan fingerprint density at radius 2 is 1.90 bits per heavy atom. The van der Waals surface area contributed by atoms with Crippen LogP contribution >= 0.6 is 23.2 Å². The fraction of sp³-hybridized carbons (Fsp3) is 0.294. The molecule has 0 saturated carbocycles. The summed E-state index contributed by atoms with van der Waals surface area (Å²) in [5.74, 6) is -0.268. The predicted octanol–water partition coefficient (Wildman–Crippen LogP) is 5.33. The highest BCUT2D eigenvalue weighted by Crippen LogP contribution is 2.27. The van der Waals surface area contributed by atoms with Crippen LogP contribution in [-0.4, -0.2) is 6.54 Å². The fourth-order valence-corrected chi connectivity index (χ4v) is 2.73. The smallest absolute Gasteiger partial charge is 0.127 e. The van der Waals surface area contributed by atoms with E-state index in [1.165, 1.54) is 6.07 Å². The molecule has 0 aromatic heterocycles. The Bertz CT molecular complexity index is 608. The summed E-state index contributed by atoms with van der Waals surface area (Å²) in [7, 11) is 0. The van der Waals surface area contributed by atoms with E-state index in [1.54, 1.807) is 12.1 Å². The van der Waals surface area contributed by atoms with Crippen molar-refractivity contribution in [3.63, 3.8) is 0 Å². The first kappa shape index (κ1) is 16.3. The zero-order valence-electron chi connectivity index (χ0n) is 12.1. The van der Waals surface area contributed by atoms with Gasteiger partial charge in [-0.15, -0.1) is 0 Å². The number of aryl methyl sites for hydroxylation is 1. The number of likely N-dealkylation sites (N-methyl/N-ethyl adjacent to an activating group) is 1. The average molecular weight is 326 g/mol. The van der Waals surface area contributed by atoms with Crippen LogP contribution in [0.25, 0.3) is 0 Å². The van der Waals surface area contributed by atoms with E-state index in [0.29, 0.717) is 17.0 Å². The molecule has 1 nitrogen and oxygen atoms in total. The monoisotopic (exact) mass is 325 g/mol. The maximum Gasteiger partial charge on any atom is 0.127 e. The van der Waals surface area contributed by atoms with Crippen molar-refractivity contribution in [3.05, 3.63) is 69.0 Å². The molecule has 0 heterocycles. The highest BCUT2D eigenvalue weighted by Gasteiger charge is 2.16. The van der Waals surface area contributed by atoms with Crippen LogP contribution in [-0.2, 0) is 6.42 Å². The molecule has 0 spiro atoms. The van der Waals surface area contributed by atoms with Crippen molar-refractivity contribution in [2.24, 2.45) is 0 Å². The molecule has 0 aliphatic carbocycles. The molecule has 2 rings (SSSR count). The van der Waals surface area contributed by atoms with Crippen molar-refractivity contribution < 1.29 is 4.39 Å². The van der Waals surface area contributed by atoms with Gasteiger partial charge in [-0.05, 0) is 49.2 Å². The van der Waals surface area contributed by atoms with Gasteiger partial charge in [0.05, 0.1) is 0 Å². The lowest BCUT2D eigenvalue weighted by atomic mass is 9.97. The quantitative estimate of drug-likeness (QED) is 0.782. The molecule has 0 fully saturated rings. The molecule has 0 radical (unpaired) electrons. The molecule has 0 aliphatic heterocycles. The molecule has 0 saturated heterocycles. The highest BCUT2D eigenvalue weighted by atomic mass is 35.5. The fourth-order valence-electron chi connectivity index (χ4n) is 2.37. The van der Waals surface area contributed by atoms with Crippen LogP contribution < -0.4 is 5.32 Å². The van der Waals surface area contributed by atoms with Crippen LogP contribution in [0.15, 0.2) is 36.4 Å². The maximum atomic E-state index is 14.0. The Balaban J connectivity index is 2.33. The van der Waals surface area contributed by atoms with Gasteiger partial charge in [0, 0.05) is 21.7 Å². The Kier molecular flexibility index (Phi) is 5.63. The van der Waals surface area contributed by atoms with Gasteiger partial charge in [-0.25, -0.2) is 4.39 Å². The summed E-state index contributed by atoms with van der Waals surface area (Å²) in [5, 5.41) is 4.58. The largest absolute Gasteiger partial charge is 0.310 e. The lowest BCUT2D eigenvalue weighted by Crippen LogP contribution is -2.23. The van der Waals surface area contributed by atoms with E-state index >= 15 is 0 Å². The first-order valence-corrected chi connectivity index (χ1v) is 7.70. The standard InChI is InChI=1S/C17H18Cl2FN/c1-3-21-17(12-7-8-14(18)11(2)9-12)10-13-15(19)5-4-6-16(13)20/h4-9,17,21H,3,10H2,1-2H3. The van der Waals surface area contributed by atoms with Crippen molar-refractivity contribution in [1.29, 1.82) is 0 Å². The summed E-state index contributed by atoms with van der Waals surface area (Å²) in [6.07, 6.45) is 0.500. The molecule has 4 heteroatoms. The molecule has 2 aromatic rings. The molecule has 0 bridgehead atoms. The third kappa shape index (κ3) is 3.97. The van der Waals surface area contributed by atoms with Gasteiger partial charge in [0.25, 0.3) is 0 Å². The Hall–Kier alpha value is -1.09. The van der Waals surface area contributed by atoms with Gasteiger partial charge in [0.1, 0.15) is 5.82 Å². The van der Waals surface area contributed by atoms with E-state index in [2.05, 4.69) is 5.32 Å². The Morgan fingerprint density at radius 3 is 2.52 bits per heavy atom. The molecular formula is C17H18Cl2FN. The van der Waals surface area contributed by atoms with Crippen LogP contribution in [0.5, 0.6) is 0 Å². The molecule has 1 unspecified atom stereocenters. The first-order valence-electron chi connectivity index (χ1n) is 6.95. The lowest BCUT2D eigenvalue weighted by Gasteiger charge is -2.20. The summed E-state index contributed by atoms with van der Waals surface area (Å²) in [6, 6.07) is 10.7. The minimum atomic E-state index is -0.268. The third-order valence-corrected chi connectivity index (χ3v) is 4.28. The first-order chi connectivity index (χ1) is 10.0. The summed E-state index contributed by atoms with van der Waals surface area (Å²) in [6.45, 7) is 4.78. The second-order valence-corrected chi connectivity index (χ2v) is 5.84. The average Bonchev–Trinajstić information content (AvgIpc) is 2.45. The molecule has 1 atom stereocenters. The minimum absolute atomic E-state index is 0.000340. The van der Waals surface area contributed by atoms with E-state index < -0.39 is 0 Å². The van der Waals surface area contributed by atoms with Gasteiger partial charge in [-0.1, -0.05) is 48.3 Å². The van der Waals surface area contributed by atoms with Gasteiger partial charge in [0.2, 0.25) is 0 Å². The van der Waals surface area contributed by atoms with Gasteiger partial charge in [0.15, 0.2) is 0 Å². The number of nitrogens with one attached hydrogen (secondary N) is 1. The SMILES string of the molecule is CCNC(Cc1c(F)cccc1Cl)c1ccc(Cl)c(C)c1. The van der Waals surface area contributed by atoms with Crippen molar-refractivity contribution >= 4 is 23.2 Å². The van der Waals surface area contributed by atoms with E-state index in [4.69, 9.17) is 23.2 Å². The van der Waals surface area contributed by atoms with Crippen LogP contribution in [0.3, 0.4) is 0 Å². The number of benzene rings is 2. The number of hydrogen-bond donors (Lipinski definition) is 1. The number of halogens is 3. The number of rotatable bonds is 5. The molecule has 112 valence electrons. The van der Waals surface area contributed by atoms with Crippen LogP contribution in [0.2, 0.25) is 10.0 Å². The summed E-state index contributed by atoms with van der Waals surface area (Å²) in [5.41, 5.74) is 2.63. The normalized spacial score (nSPS) is 12.4. The second-order valence-electron chi connectivity index (χ2n) is 5.02. The summed E-state index contributed by atoms with van der Waals surface area (Å²) < 4.78 is 14.0. The molecular weight excluding hydrogens is 308 g/mol. The minimum Gasteiger partial charge on any atom is -0.310 e. The van der Waals surface area contributed by atoms with Crippen molar-refractivity contribution in [1.82, 2.24) is 5.32 Å². The van der Waals surface area contributed by atoms with E-state index in [0.717, 1.165) is 22.7 Å². The van der Waals surface area contributed by atoms with Crippen LogP contribution in [0.4, 0.5) is 4.39 Å². The van der Waals surface area contributed by atoms with E-state index in [9.17, 15) is 4.39 Å². The predicted molar refractivity (Wildman–Crippen MR) is 87.7 cm³/mol. The topological polar surface area (TPSA) is 12.0 Å². The zero-order chi connectivity index (χ0) is 15.4. The van der Waals surface area contributed by atoms with Gasteiger partial charge < -0.3 is 5.32 Å².